The zero-order chi connectivity index (χ0) is 13.0. The Morgan fingerprint density at radius 3 is 2.94 bits per heavy atom. The highest BCUT2D eigenvalue weighted by molar-refractivity contribution is 5.34. The standard InChI is InChI=1S/C13H15F2N3/c1-2-6-16-7-10-8-18(9-17-10)12-5-3-4-11(14)13(12)15/h3-5,8-9,16H,2,6-7H2,1H3. The van der Waals surface area contributed by atoms with Gasteiger partial charge in [0, 0.05) is 12.7 Å². The summed E-state index contributed by atoms with van der Waals surface area (Å²) in [5, 5.41) is 3.20. The molecule has 0 unspecified atom stereocenters. The molecule has 0 aliphatic heterocycles. The van der Waals surface area contributed by atoms with Crippen LogP contribution >= 0.6 is 0 Å². The van der Waals surface area contributed by atoms with E-state index >= 15 is 0 Å². The first kappa shape index (κ1) is 12.7. The quantitative estimate of drug-likeness (QED) is 0.828. The van der Waals surface area contributed by atoms with Gasteiger partial charge in [-0.25, -0.2) is 13.8 Å². The molecular formula is C13H15F2N3. The third-order valence-electron chi connectivity index (χ3n) is 2.58. The van der Waals surface area contributed by atoms with Crippen molar-refractivity contribution in [3.63, 3.8) is 0 Å². The van der Waals surface area contributed by atoms with Crippen LogP contribution in [0.5, 0.6) is 0 Å². The van der Waals surface area contributed by atoms with E-state index in [0.29, 0.717) is 6.54 Å². The number of nitrogens with zero attached hydrogens (tertiary/aromatic N) is 2. The van der Waals surface area contributed by atoms with Gasteiger partial charge in [-0.3, -0.25) is 0 Å². The van der Waals surface area contributed by atoms with Gasteiger partial charge in [0.2, 0.25) is 0 Å². The Balaban J connectivity index is 2.16. The van der Waals surface area contributed by atoms with Crippen molar-refractivity contribution in [2.75, 3.05) is 6.54 Å². The highest BCUT2D eigenvalue weighted by atomic mass is 19.2. The van der Waals surface area contributed by atoms with Crippen molar-refractivity contribution >= 4 is 0 Å². The van der Waals surface area contributed by atoms with E-state index in [4.69, 9.17) is 0 Å². The van der Waals surface area contributed by atoms with Crippen LogP contribution in [0.2, 0.25) is 0 Å². The molecule has 0 spiro atoms. The molecule has 1 aromatic heterocycles. The van der Waals surface area contributed by atoms with Gasteiger partial charge in [0.15, 0.2) is 11.6 Å². The van der Waals surface area contributed by atoms with E-state index in [1.165, 1.54) is 23.0 Å². The molecule has 1 aromatic carbocycles. The molecule has 96 valence electrons. The maximum absolute atomic E-state index is 13.6. The lowest BCUT2D eigenvalue weighted by molar-refractivity contribution is 0.504. The van der Waals surface area contributed by atoms with E-state index in [2.05, 4.69) is 17.2 Å². The van der Waals surface area contributed by atoms with E-state index in [9.17, 15) is 8.78 Å². The van der Waals surface area contributed by atoms with Crippen molar-refractivity contribution in [2.45, 2.75) is 19.9 Å². The van der Waals surface area contributed by atoms with Gasteiger partial charge in [-0.05, 0) is 25.1 Å². The molecule has 5 heteroatoms. The molecule has 0 saturated carbocycles. The fourth-order valence-corrected chi connectivity index (χ4v) is 1.67. The van der Waals surface area contributed by atoms with E-state index in [0.717, 1.165) is 24.7 Å². The first-order chi connectivity index (χ1) is 8.72. The second-order valence-corrected chi connectivity index (χ2v) is 4.02. The maximum Gasteiger partial charge on any atom is 0.182 e. The lowest BCUT2D eigenvalue weighted by atomic mass is 10.3. The van der Waals surface area contributed by atoms with Crippen LogP contribution in [0.1, 0.15) is 19.0 Å². The summed E-state index contributed by atoms with van der Waals surface area (Å²) < 4.78 is 28.2. The Morgan fingerprint density at radius 2 is 2.17 bits per heavy atom. The van der Waals surface area contributed by atoms with Crippen molar-refractivity contribution in [3.8, 4) is 5.69 Å². The lowest BCUT2D eigenvalue weighted by Gasteiger charge is -2.03. The van der Waals surface area contributed by atoms with Gasteiger partial charge < -0.3 is 9.88 Å². The van der Waals surface area contributed by atoms with E-state index in [-0.39, 0.29) is 5.69 Å². The molecule has 1 heterocycles. The SMILES string of the molecule is CCCNCc1cn(-c2cccc(F)c2F)cn1. The molecular weight excluding hydrogens is 236 g/mol. The molecule has 0 amide bonds. The van der Waals surface area contributed by atoms with Crippen molar-refractivity contribution in [1.29, 1.82) is 0 Å². The normalized spacial score (nSPS) is 10.8. The first-order valence-corrected chi connectivity index (χ1v) is 5.90. The predicted octanol–water partition coefficient (Wildman–Crippen LogP) is 2.65. The molecule has 0 radical (unpaired) electrons. The lowest BCUT2D eigenvalue weighted by Crippen LogP contribution is -2.13. The molecule has 0 saturated heterocycles. The zero-order valence-corrected chi connectivity index (χ0v) is 10.2. The summed E-state index contributed by atoms with van der Waals surface area (Å²) in [5.41, 5.74) is 0.969. The molecule has 0 bridgehead atoms. The van der Waals surface area contributed by atoms with Gasteiger partial charge in [-0.2, -0.15) is 0 Å². The molecule has 0 atom stereocenters. The number of hydrogen-bond donors (Lipinski definition) is 1. The minimum Gasteiger partial charge on any atom is -0.311 e. The zero-order valence-electron chi connectivity index (χ0n) is 10.2. The highest BCUT2D eigenvalue weighted by Gasteiger charge is 2.09. The Morgan fingerprint density at radius 1 is 1.33 bits per heavy atom. The van der Waals surface area contributed by atoms with E-state index in [1.807, 2.05) is 0 Å². The second-order valence-electron chi connectivity index (χ2n) is 4.02. The molecule has 0 aliphatic rings. The fraction of sp³-hybridized carbons (Fsp3) is 0.308. The minimum atomic E-state index is -0.858. The minimum absolute atomic E-state index is 0.171. The first-order valence-electron chi connectivity index (χ1n) is 5.90. The van der Waals surface area contributed by atoms with Crippen molar-refractivity contribution in [3.05, 3.63) is 48.1 Å². The Bertz CT molecular complexity index is 523. The van der Waals surface area contributed by atoms with Gasteiger partial charge in [0.1, 0.15) is 0 Å². The van der Waals surface area contributed by atoms with Crippen molar-refractivity contribution in [2.24, 2.45) is 0 Å². The van der Waals surface area contributed by atoms with Gasteiger partial charge in [-0.1, -0.05) is 13.0 Å². The summed E-state index contributed by atoms with van der Waals surface area (Å²) in [6.45, 7) is 3.60. The third-order valence-corrected chi connectivity index (χ3v) is 2.58. The van der Waals surface area contributed by atoms with Crippen LogP contribution in [0.15, 0.2) is 30.7 Å². The third kappa shape index (κ3) is 2.73. The number of nitrogens with one attached hydrogen (secondary N) is 1. The van der Waals surface area contributed by atoms with Crippen molar-refractivity contribution < 1.29 is 8.78 Å². The van der Waals surface area contributed by atoms with Crippen LogP contribution in [-0.2, 0) is 6.54 Å². The van der Waals surface area contributed by atoms with E-state index in [1.54, 1.807) is 6.20 Å². The summed E-state index contributed by atoms with van der Waals surface area (Å²) in [6, 6.07) is 4.09. The Hall–Kier alpha value is -1.75. The van der Waals surface area contributed by atoms with Crippen LogP contribution < -0.4 is 5.32 Å². The second kappa shape index (κ2) is 5.73. The predicted molar refractivity (Wildman–Crippen MR) is 65.5 cm³/mol. The van der Waals surface area contributed by atoms with Gasteiger partial charge in [0.05, 0.1) is 17.7 Å². The maximum atomic E-state index is 13.6. The smallest absolute Gasteiger partial charge is 0.182 e. The largest absolute Gasteiger partial charge is 0.311 e. The molecule has 3 nitrogen and oxygen atoms in total. The van der Waals surface area contributed by atoms with Crippen LogP contribution in [0.4, 0.5) is 8.78 Å². The van der Waals surface area contributed by atoms with Crippen LogP contribution in [0.25, 0.3) is 5.69 Å². The number of benzene rings is 1. The number of rotatable bonds is 5. The average Bonchev–Trinajstić information content (AvgIpc) is 2.82. The van der Waals surface area contributed by atoms with Crippen molar-refractivity contribution in [1.82, 2.24) is 14.9 Å². The Labute approximate surface area is 104 Å². The molecule has 1 N–H and O–H groups in total. The van der Waals surface area contributed by atoms with Gasteiger partial charge >= 0.3 is 0 Å². The number of aromatic nitrogens is 2. The number of imidazole rings is 1. The summed E-state index contributed by atoms with van der Waals surface area (Å²) >= 11 is 0. The van der Waals surface area contributed by atoms with Crippen LogP contribution in [0, 0.1) is 11.6 Å². The number of halogens is 2. The average molecular weight is 251 g/mol. The number of hydrogen-bond acceptors (Lipinski definition) is 2. The van der Waals surface area contributed by atoms with Gasteiger partial charge in [-0.15, -0.1) is 0 Å². The highest BCUT2D eigenvalue weighted by Crippen LogP contribution is 2.16. The van der Waals surface area contributed by atoms with E-state index < -0.39 is 11.6 Å². The summed E-state index contributed by atoms with van der Waals surface area (Å²) in [5.74, 6) is -1.71. The van der Waals surface area contributed by atoms with Crippen LogP contribution in [-0.4, -0.2) is 16.1 Å². The molecule has 18 heavy (non-hydrogen) atoms. The summed E-state index contributed by atoms with van der Waals surface area (Å²) in [7, 11) is 0. The molecule has 0 aliphatic carbocycles. The Kier molecular flexibility index (Phi) is 4.04. The monoisotopic (exact) mass is 251 g/mol. The molecule has 2 rings (SSSR count). The summed E-state index contributed by atoms with van der Waals surface area (Å²) in [6.07, 6.45) is 4.22. The fourth-order valence-electron chi connectivity index (χ4n) is 1.67. The molecule has 2 aromatic rings. The van der Waals surface area contributed by atoms with Gasteiger partial charge in [0.25, 0.3) is 0 Å². The molecule has 0 fully saturated rings. The summed E-state index contributed by atoms with van der Waals surface area (Å²) in [4.78, 5) is 4.15. The van der Waals surface area contributed by atoms with Crippen LogP contribution in [0.3, 0.4) is 0 Å². The topological polar surface area (TPSA) is 29.9 Å².